The van der Waals surface area contributed by atoms with Crippen LogP contribution in [0.1, 0.15) is 15.9 Å². The number of rotatable bonds is 4. The highest BCUT2D eigenvalue weighted by molar-refractivity contribution is 6.03. The van der Waals surface area contributed by atoms with E-state index in [1.807, 2.05) is 30.1 Å². The minimum Gasteiger partial charge on any atom is -0.398 e. The highest BCUT2D eigenvalue weighted by Crippen LogP contribution is 2.23. The van der Waals surface area contributed by atoms with Gasteiger partial charge in [0, 0.05) is 32.1 Å². The molecule has 0 saturated heterocycles. The second-order valence-electron chi connectivity index (χ2n) is 4.37. The molecule has 0 fully saturated rings. The fourth-order valence-corrected chi connectivity index (χ4v) is 1.89. The number of benzene rings is 1. The molecule has 0 aliphatic carbocycles. The van der Waals surface area contributed by atoms with Crippen LogP contribution < -0.4 is 11.1 Å². The van der Waals surface area contributed by atoms with Crippen LogP contribution in [0.25, 0.3) is 0 Å². The number of nitrogens with zero attached hydrogens (tertiary/aromatic N) is 2. The lowest BCUT2D eigenvalue weighted by molar-refractivity contribution is -0.385. The molecule has 1 aromatic carbocycles. The van der Waals surface area contributed by atoms with Gasteiger partial charge < -0.3 is 15.6 Å². The largest absolute Gasteiger partial charge is 0.398 e. The molecule has 1 heterocycles. The van der Waals surface area contributed by atoms with E-state index < -0.39 is 10.8 Å². The molecule has 0 saturated carbocycles. The number of carbonyl (C=O) groups is 1. The molecule has 3 N–H and O–H groups in total. The quantitative estimate of drug-likeness (QED) is 0.500. The smallest absolute Gasteiger partial charge is 0.284 e. The Hall–Kier alpha value is -2.83. The first-order valence-corrected chi connectivity index (χ1v) is 5.91. The van der Waals surface area contributed by atoms with Crippen molar-refractivity contribution in [2.45, 2.75) is 6.54 Å². The molecule has 2 aromatic rings. The molecule has 7 heteroatoms. The van der Waals surface area contributed by atoms with Gasteiger partial charge in [-0.1, -0.05) is 6.07 Å². The first kappa shape index (κ1) is 13.6. The van der Waals surface area contributed by atoms with Gasteiger partial charge in [-0.3, -0.25) is 14.9 Å². The van der Waals surface area contributed by atoms with Gasteiger partial charge in [-0.2, -0.15) is 0 Å². The average Bonchev–Trinajstić information content (AvgIpc) is 2.81. The predicted octanol–water partition coefficient (Wildman–Crippen LogP) is 1.45. The van der Waals surface area contributed by atoms with Crippen molar-refractivity contribution < 1.29 is 9.72 Å². The van der Waals surface area contributed by atoms with Gasteiger partial charge in [0.2, 0.25) is 0 Å². The summed E-state index contributed by atoms with van der Waals surface area (Å²) in [5.41, 5.74) is 6.25. The zero-order valence-electron chi connectivity index (χ0n) is 10.9. The van der Waals surface area contributed by atoms with Crippen LogP contribution in [0.3, 0.4) is 0 Å². The molecule has 7 nitrogen and oxygen atoms in total. The number of hydrogen-bond acceptors (Lipinski definition) is 4. The van der Waals surface area contributed by atoms with Crippen LogP contribution in [0, 0.1) is 10.1 Å². The van der Waals surface area contributed by atoms with E-state index in [4.69, 9.17) is 5.73 Å². The number of nitrogen functional groups attached to an aromatic ring is 1. The highest BCUT2D eigenvalue weighted by Gasteiger charge is 2.22. The van der Waals surface area contributed by atoms with Crippen LogP contribution in [-0.2, 0) is 13.6 Å². The molecule has 104 valence electrons. The van der Waals surface area contributed by atoms with E-state index in [1.54, 1.807) is 0 Å². The van der Waals surface area contributed by atoms with Crippen molar-refractivity contribution in [1.82, 2.24) is 9.88 Å². The molecule has 2 rings (SSSR count). The Morgan fingerprint density at radius 1 is 1.45 bits per heavy atom. The first-order valence-electron chi connectivity index (χ1n) is 5.91. The van der Waals surface area contributed by atoms with Gasteiger partial charge in [-0.15, -0.1) is 0 Å². The van der Waals surface area contributed by atoms with Gasteiger partial charge >= 0.3 is 0 Å². The lowest BCUT2D eigenvalue weighted by Crippen LogP contribution is -2.24. The summed E-state index contributed by atoms with van der Waals surface area (Å²) < 4.78 is 1.85. The van der Waals surface area contributed by atoms with Crippen molar-refractivity contribution in [3.8, 4) is 0 Å². The number of nitro groups is 1. The lowest BCUT2D eigenvalue weighted by Gasteiger charge is -2.07. The summed E-state index contributed by atoms with van der Waals surface area (Å²) in [6.45, 7) is 0.283. The van der Waals surface area contributed by atoms with Crippen LogP contribution in [0.4, 0.5) is 11.4 Å². The second kappa shape index (κ2) is 5.43. The highest BCUT2D eigenvalue weighted by atomic mass is 16.6. The molecular formula is C13H14N4O3. The summed E-state index contributed by atoms with van der Waals surface area (Å²) in [5, 5.41) is 13.6. The third kappa shape index (κ3) is 2.77. The molecule has 1 aromatic heterocycles. The third-order valence-corrected chi connectivity index (χ3v) is 2.84. The van der Waals surface area contributed by atoms with Crippen LogP contribution in [0.2, 0.25) is 0 Å². The number of anilines is 1. The summed E-state index contributed by atoms with van der Waals surface area (Å²) in [7, 11) is 1.87. The van der Waals surface area contributed by atoms with E-state index in [-0.39, 0.29) is 23.5 Å². The zero-order chi connectivity index (χ0) is 14.7. The number of nitro benzene ring substituents is 1. The minimum atomic E-state index is -0.617. The number of aromatic nitrogens is 1. The number of nitrogens with one attached hydrogen (secondary N) is 1. The first-order chi connectivity index (χ1) is 9.49. The average molecular weight is 274 g/mol. The van der Waals surface area contributed by atoms with Gasteiger partial charge in [0.05, 0.1) is 10.6 Å². The van der Waals surface area contributed by atoms with Crippen molar-refractivity contribution in [3.63, 3.8) is 0 Å². The maximum absolute atomic E-state index is 12.1. The van der Waals surface area contributed by atoms with Crippen molar-refractivity contribution >= 4 is 17.3 Å². The van der Waals surface area contributed by atoms with Crippen molar-refractivity contribution in [2.24, 2.45) is 7.05 Å². The Morgan fingerprint density at radius 3 is 2.80 bits per heavy atom. The molecule has 0 radical (unpaired) electrons. The Kier molecular flexibility index (Phi) is 3.69. The monoisotopic (exact) mass is 274 g/mol. The molecule has 0 spiro atoms. The molecule has 20 heavy (non-hydrogen) atoms. The topological polar surface area (TPSA) is 103 Å². The predicted molar refractivity (Wildman–Crippen MR) is 74.1 cm³/mol. The Morgan fingerprint density at radius 2 is 2.20 bits per heavy atom. The summed E-state index contributed by atoms with van der Waals surface area (Å²) in [6, 6.07) is 6.02. The SMILES string of the molecule is Cn1ccc(CNC(=O)c2c(N)cccc2[N+](=O)[O-])c1. The Labute approximate surface area is 115 Å². The van der Waals surface area contributed by atoms with Gasteiger partial charge in [-0.05, 0) is 17.7 Å². The number of hydrogen-bond donors (Lipinski definition) is 2. The Balaban J connectivity index is 2.19. The third-order valence-electron chi connectivity index (χ3n) is 2.84. The summed E-state index contributed by atoms with van der Waals surface area (Å²) in [4.78, 5) is 22.4. The van der Waals surface area contributed by atoms with Crippen molar-refractivity contribution in [2.75, 3.05) is 5.73 Å². The van der Waals surface area contributed by atoms with Gasteiger partial charge in [-0.25, -0.2) is 0 Å². The fraction of sp³-hybridized carbons (Fsp3) is 0.154. The van der Waals surface area contributed by atoms with E-state index in [9.17, 15) is 14.9 Å². The molecule has 0 unspecified atom stereocenters. The molecule has 0 bridgehead atoms. The molecular weight excluding hydrogens is 260 g/mol. The maximum atomic E-state index is 12.1. The summed E-state index contributed by atoms with van der Waals surface area (Å²) >= 11 is 0. The Bertz CT molecular complexity index is 663. The van der Waals surface area contributed by atoms with E-state index in [0.717, 1.165) is 5.56 Å². The van der Waals surface area contributed by atoms with Crippen LogP contribution in [-0.4, -0.2) is 15.4 Å². The standard InChI is InChI=1S/C13H14N4O3/c1-16-6-5-9(8-16)7-15-13(18)12-10(14)3-2-4-11(12)17(19)20/h2-6,8H,7,14H2,1H3,(H,15,18). The van der Waals surface area contributed by atoms with Crippen LogP contribution in [0.15, 0.2) is 36.7 Å². The molecule has 1 amide bonds. The van der Waals surface area contributed by atoms with E-state index >= 15 is 0 Å². The maximum Gasteiger partial charge on any atom is 0.284 e. The van der Waals surface area contributed by atoms with E-state index in [2.05, 4.69) is 5.32 Å². The fourth-order valence-electron chi connectivity index (χ4n) is 1.89. The van der Waals surface area contributed by atoms with Crippen molar-refractivity contribution in [1.29, 1.82) is 0 Å². The molecule has 0 aliphatic heterocycles. The summed E-state index contributed by atoms with van der Waals surface area (Å²) in [5.74, 6) is -0.557. The van der Waals surface area contributed by atoms with Gasteiger partial charge in [0.25, 0.3) is 11.6 Å². The summed E-state index contributed by atoms with van der Waals surface area (Å²) in [6.07, 6.45) is 3.70. The number of nitrogens with two attached hydrogens (primary N) is 1. The number of amides is 1. The van der Waals surface area contributed by atoms with Gasteiger partial charge in [0.1, 0.15) is 5.56 Å². The van der Waals surface area contributed by atoms with E-state index in [0.29, 0.717) is 0 Å². The number of carbonyl (C=O) groups excluding carboxylic acids is 1. The second-order valence-corrected chi connectivity index (χ2v) is 4.37. The van der Waals surface area contributed by atoms with Crippen LogP contribution in [0.5, 0.6) is 0 Å². The lowest BCUT2D eigenvalue weighted by atomic mass is 10.1. The molecule has 0 aliphatic rings. The van der Waals surface area contributed by atoms with Crippen molar-refractivity contribution in [3.05, 3.63) is 57.9 Å². The van der Waals surface area contributed by atoms with Gasteiger partial charge in [0.15, 0.2) is 0 Å². The molecule has 0 atom stereocenters. The zero-order valence-corrected chi connectivity index (χ0v) is 10.9. The normalized spacial score (nSPS) is 10.2. The van der Waals surface area contributed by atoms with E-state index in [1.165, 1.54) is 18.2 Å². The number of aryl methyl sites for hydroxylation is 1. The van der Waals surface area contributed by atoms with Crippen LogP contribution >= 0.6 is 0 Å². The minimum absolute atomic E-state index is 0.0877.